The normalized spacial score (nSPS) is 0. The summed E-state index contributed by atoms with van der Waals surface area (Å²) in [4.78, 5) is 0. The van der Waals surface area contributed by atoms with Gasteiger partial charge in [-0.1, -0.05) is 0 Å². The van der Waals surface area contributed by atoms with Crippen LogP contribution in [0.3, 0.4) is 0 Å². The van der Waals surface area contributed by atoms with Crippen molar-refractivity contribution in [3.8, 4) is 0 Å². The van der Waals surface area contributed by atoms with E-state index in [-0.39, 0.29) is 735 Å². The summed E-state index contributed by atoms with van der Waals surface area (Å²) in [5, 5.41) is 0. The van der Waals surface area contributed by atoms with E-state index in [4.69, 9.17) is 0 Å². The van der Waals surface area contributed by atoms with Gasteiger partial charge in [0.05, 0.1) is 0 Å². The number of hydrogen-bond acceptors (Lipinski definition) is 0. The summed E-state index contributed by atoms with van der Waals surface area (Å²) in [5.74, 6) is 0. The summed E-state index contributed by atoms with van der Waals surface area (Å²) in [6.45, 7) is 0. The fraction of sp³-hybridized carbons (Fsp3) is 0. The summed E-state index contributed by atoms with van der Waals surface area (Å²) < 4.78 is 0. The third kappa shape index (κ3) is 1530. The smallest absolute Gasteiger partial charge is 0 e. The molecule has 0 spiro atoms. The Labute approximate surface area is 716 Å². The summed E-state index contributed by atoms with van der Waals surface area (Å²) in [6, 6.07) is 0. The maximum atomic E-state index is 0. The fourth-order valence-electron chi connectivity index (χ4n) is 0. The molecule has 0 rings (SSSR count). The van der Waals surface area contributed by atoms with Crippen molar-refractivity contribution in [2.75, 3.05) is 0 Å². The van der Waals surface area contributed by atoms with Gasteiger partial charge in [0.1, 0.15) is 0 Å². The van der Waals surface area contributed by atoms with Crippen LogP contribution in [0.2, 0.25) is 0 Å². The molecule has 0 aliphatic heterocycles. The minimum atomic E-state index is 0. The largest absolute Gasteiger partial charge is 0.412 e. The SMILES string of the molecule is O.O.O.O.O.O.O.O.O.O.O.O.O.O.O.O.O.O.O.O.O.O.O.O.O.O.O.O.O.O.O.O.O.O.O.O.O.O.O.O.P.[Cu].[K].[K].[K].[K].[K].[W].[W].[W].[W].[W].[W].[W].[W].[W].[W].[W]. The third-order valence-electron chi connectivity index (χ3n) is 0. The second-order valence-electron chi connectivity index (χ2n) is 0. The molecule has 1 unspecified atom stereocenters. The zero-order valence-electron chi connectivity index (χ0n) is 30.5. The Morgan fingerprint density at radius 2 is 0.0862 bits per heavy atom. The Balaban J connectivity index is 0. The van der Waals surface area contributed by atoms with E-state index in [0.29, 0.717) is 0 Å². The van der Waals surface area contributed by atoms with Crippen LogP contribution in [0.5, 0.6) is 0 Å². The van der Waals surface area contributed by atoms with E-state index < -0.39 is 0 Å². The van der Waals surface area contributed by atoms with Crippen LogP contribution in [0, 0.1) is 0 Å². The summed E-state index contributed by atoms with van der Waals surface area (Å²) in [6.07, 6.45) is 0. The van der Waals surface area contributed by atoms with Crippen molar-refractivity contribution in [1.82, 2.24) is 0 Å². The zero-order valence-corrected chi connectivity index (χ0v) is 80.7. The molecule has 80 N–H and O–H groups in total. The molecule has 0 fully saturated rings. The monoisotopic (exact) mass is 3040 g/mol. The van der Waals surface area contributed by atoms with Crippen LogP contribution < -0.4 is 0 Å². The Hall–Kier alpha value is 15.1. The molecule has 58 heavy (non-hydrogen) atoms. The third-order valence-corrected chi connectivity index (χ3v) is 0. The van der Waals surface area contributed by atoms with Crippen LogP contribution in [0.4, 0.5) is 0 Å². The molecule has 0 heterocycles. The molecule has 0 saturated carbocycles. The van der Waals surface area contributed by atoms with E-state index >= 15 is 0 Å². The molecule has 6 radical (unpaired) electrons. The first-order chi connectivity index (χ1) is 0. The number of hydrogen-bond donors (Lipinski definition) is 0. The van der Waals surface area contributed by atoms with E-state index in [9.17, 15) is 0 Å². The molecule has 0 bridgehead atoms. The quantitative estimate of drug-likeness (QED) is 0.161. The van der Waals surface area contributed by atoms with E-state index in [0.717, 1.165) is 0 Å². The summed E-state index contributed by atoms with van der Waals surface area (Å²) in [7, 11) is 0. The number of rotatable bonds is 0. The molecule has 0 saturated heterocycles. The Bertz CT molecular complexity index is 77.2. The molecule has 0 aromatic heterocycles. The van der Waals surface area contributed by atoms with Crippen molar-refractivity contribution in [2.24, 2.45) is 0 Å². The molecule has 1 atom stereocenters. The van der Waals surface area contributed by atoms with E-state index in [2.05, 4.69) is 0 Å². The van der Waals surface area contributed by atoms with Gasteiger partial charge in [-0.25, -0.2) is 0 Å². The van der Waals surface area contributed by atoms with Gasteiger partial charge in [0, 0.05) is 506 Å². The standard InChI is InChI=1S/Cu.5K.40H2O.H3P.11W/h;;;;;;40*1H2;1H3;;;;;;;;;;;. The molecule has 58 heteroatoms. The summed E-state index contributed by atoms with van der Waals surface area (Å²) in [5.41, 5.74) is 0. The fourth-order valence-corrected chi connectivity index (χ4v) is 0. The van der Waals surface area contributed by atoms with Crippen molar-refractivity contribution in [3.05, 3.63) is 0 Å². The van der Waals surface area contributed by atoms with Gasteiger partial charge in [-0.15, -0.1) is 0 Å². The van der Waals surface area contributed by atoms with Gasteiger partial charge in [-0.05, 0) is 0 Å². The first-order valence-corrected chi connectivity index (χ1v) is 0. The Kier molecular flexibility index (Phi) is 45900. The van der Waals surface area contributed by atoms with Crippen LogP contribution in [0.1, 0.15) is 0 Å². The van der Waals surface area contributed by atoms with Crippen LogP contribution in [0.15, 0.2) is 0 Å². The van der Waals surface area contributed by atoms with Gasteiger partial charge in [0.25, 0.3) is 0 Å². The van der Waals surface area contributed by atoms with Crippen LogP contribution in [-0.4, -0.2) is 476 Å². The van der Waals surface area contributed by atoms with E-state index in [1.807, 2.05) is 0 Å². The Morgan fingerprint density at radius 1 is 0.0862 bits per heavy atom. The summed E-state index contributed by atoms with van der Waals surface area (Å²) >= 11 is 0. The first-order valence-electron chi connectivity index (χ1n) is 0. The van der Waals surface area contributed by atoms with Crippen molar-refractivity contribution in [1.29, 1.82) is 0 Å². The van der Waals surface area contributed by atoms with Gasteiger partial charge in [-0.2, -0.15) is 9.90 Å². The van der Waals surface area contributed by atoms with Crippen molar-refractivity contribution in [3.63, 3.8) is 0 Å². The molecular formula is H83CuK5O40PW11. The van der Waals surface area contributed by atoms with Crippen molar-refractivity contribution < 1.29 is 468 Å². The predicted octanol–water partition coefficient (Wildman–Crippen LogP) is -34.9. The van der Waals surface area contributed by atoms with Gasteiger partial charge >= 0.3 is 0 Å². The van der Waals surface area contributed by atoms with Gasteiger partial charge in [0.15, 0.2) is 0 Å². The van der Waals surface area contributed by atoms with Crippen LogP contribution in [-0.2, 0) is 249 Å². The minimum Gasteiger partial charge on any atom is -0.412 e. The average Bonchev–Trinajstić information content (AvgIpc) is 0. The van der Waals surface area contributed by atoms with Gasteiger partial charge in [0.2, 0.25) is 0 Å². The van der Waals surface area contributed by atoms with Crippen molar-refractivity contribution in [2.45, 2.75) is 0 Å². The second-order valence-corrected chi connectivity index (χ2v) is 0. The zero-order chi connectivity index (χ0) is 0. The maximum absolute atomic E-state index is 0. The average molecular weight is 3040 g/mol. The molecule has 0 aliphatic carbocycles. The second kappa shape index (κ2) is 1600. The van der Waals surface area contributed by atoms with Gasteiger partial charge < -0.3 is 219 Å². The van der Waals surface area contributed by atoms with E-state index in [1.54, 1.807) is 0 Å². The molecule has 410 valence electrons. The first kappa shape index (κ1) is 1670. The van der Waals surface area contributed by atoms with Gasteiger partial charge in [-0.3, -0.25) is 0 Å². The Morgan fingerprint density at radius 3 is 0.0862 bits per heavy atom. The van der Waals surface area contributed by atoms with E-state index in [1.165, 1.54) is 0 Å². The molecule has 0 aliphatic rings. The van der Waals surface area contributed by atoms with Crippen LogP contribution in [0.25, 0.3) is 0 Å². The topological polar surface area (TPSA) is 1260 Å². The predicted molar refractivity (Wildman–Crippen MR) is 184 cm³/mol. The molecule has 0 amide bonds. The molecule has 0 aromatic carbocycles. The molecular weight excluding hydrogens is 2950 g/mol. The maximum Gasteiger partial charge on any atom is 0 e. The molecule has 0 aromatic rings. The van der Waals surface area contributed by atoms with Crippen LogP contribution >= 0.6 is 9.90 Å². The molecule has 40 nitrogen and oxygen atoms in total. The minimum absolute atomic E-state index is 0. The van der Waals surface area contributed by atoms with Crippen molar-refractivity contribution >= 4 is 267 Å².